The van der Waals surface area contributed by atoms with Gasteiger partial charge in [0.25, 0.3) is 0 Å². The molecule has 1 saturated heterocycles. The minimum absolute atomic E-state index is 0.111. The first-order valence-corrected chi connectivity index (χ1v) is 7.56. The van der Waals surface area contributed by atoms with Crippen molar-refractivity contribution in [3.63, 3.8) is 0 Å². The molecule has 0 N–H and O–H groups in total. The van der Waals surface area contributed by atoms with Gasteiger partial charge in [0, 0.05) is 24.8 Å². The Morgan fingerprint density at radius 1 is 1.19 bits per heavy atom. The second kappa shape index (κ2) is 4.35. The number of amides is 1. The van der Waals surface area contributed by atoms with E-state index in [1.54, 1.807) is 4.90 Å². The molecule has 0 spiro atoms. The second-order valence-electron chi connectivity index (χ2n) is 5.57. The molecule has 0 aromatic carbocycles. The molecule has 1 fully saturated rings. The summed E-state index contributed by atoms with van der Waals surface area (Å²) in [5.41, 5.74) is -0.377. The Morgan fingerprint density at radius 2 is 1.62 bits per heavy atom. The number of carbonyl (C=O) groups excluding carboxylic acids is 1. The molecule has 0 atom stereocenters. The van der Waals surface area contributed by atoms with Crippen molar-refractivity contribution in [1.82, 2.24) is 4.90 Å². The summed E-state index contributed by atoms with van der Waals surface area (Å²) in [7, 11) is -2.95. The van der Waals surface area contributed by atoms with E-state index < -0.39 is 9.84 Å². The summed E-state index contributed by atoms with van der Waals surface area (Å²) in [6, 6.07) is 0. The monoisotopic (exact) mass is 247 g/mol. The maximum atomic E-state index is 12.0. The molecule has 5 heteroatoms. The summed E-state index contributed by atoms with van der Waals surface area (Å²) in [5, 5.41) is -0.267. The van der Waals surface area contributed by atoms with E-state index in [9.17, 15) is 13.2 Å². The lowest BCUT2D eigenvalue weighted by molar-refractivity contribution is -0.140. The quantitative estimate of drug-likeness (QED) is 0.696. The van der Waals surface area contributed by atoms with Crippen LogP contribution >= 0.6 is 0 Å². The largest absolute Gasteiger partial charge is 0.342 e. The third-order valence-corrected chi connectivity index (χ3v) is 4.66. The fourth-order valence-corrected chi connectivity index (χ4v) is 3.03. The van der Waals surface area contributed by atoms with Crippen molar-refractivity contribution in [3.8, 4) is 0 Å². The molecule has 0 unspecified atom stereocenters. The Labute approximate surface area is 97.9 Å². The molecule has 1 aliphatic heterocycles. The SMILES string of the molecule is CC(C)(C)C(=O)N1CCC(S(C)(=O)=O)CC1. The van der Waals surface area contributed by atoms with E-state index in [1.165, 1.54) is 6.26 Å². The van der Waals surface area contributed by atoms with Gasteiger partial charge in [0.2, 0.25) is 5.91 Å². The number of rotatable bonds is 1. The van der Waals surface area contributed by atoms with Crippen LogP contribution in [0.25, 0.3) is 0 Å². The topological polar surface area (TPSA) is 54.5 Å². The molecule has 0 aromatic rings. The fourth-order valence-electron chi connectivity index (χ4n) is 1.96. The summed E-state index contributed by atoms with van der Waals surface area (Å²) in [4.78, 5) is 13.7. The third-order valence-electron chi connectivity index (χ3n) is 2.98. The van der Waals surface area contributed by atoms with E-state index in [0.29, 0.717) is 25.9 Å². The van der Waals surface area contributed by atoms with E-state index >= 15 is 0 Å². The maximum absolute atomic E-state index is 12.0. The summed E-state index contributed by atoms with van der Waals surface area (Å²) in [5.74, 6) is 0.111. The Hall–Kier alpha value is -0.580. The number of sulfone groups is 1. The smallest absolute Gasteiger partial charge is 0.227 e. The summed E-state index contributed by atoms with van der Waals surface area (Å²) in [6.45, 7) is 6.79. The number of hydrogen-bond acceptors (Lipinski definition) is 3. The van der Waals surface area contributed by atoms with Crippen molar-refractivity contribution in [2.75, 3.05) is 19.3 Å². The van der Waals surface area contributed by atoms with Crippen molar-refractivity contribution in [3.05, 3.63) is 0 Å². The van der Waals surface area contributed by atoms with E-state index in [-0.39, 0.29) is 16.6 Å². The van der Waals surface area contributed by atoms with Gasteiger partial charge in [0.05, 0.1) is 5.25 Å². The third kappa shape index (κ3) is 3.20. The van der Waals surface area contributed by atoms with E-state index in [4.69, 9.17) is 0 Å². The fraction of sp³-hybridized carbons (Fsp3) is 0.909. The molecule has 0 bridgehead atoms. The predicted molar refractivity (Wildman–Crippen MR) is 63.9 cm³/mol. The minimum Gasteiger partial charge on any atom is -0.342 e. The summed E-state index contributed by atoms with van der Waals surface area (Å²) in [6.07, 6.45) is 2.42. The van der Waals surface area contributed by atoms with Crippen LogP contribution in [0.15, 0.2) is 0 Å². The van der Waals surface area contributed by atoms with Crippen LogP contribution < -0.4 is 0 Å². The van der Waals surface area contributed by atoms with Gasteiger partial charge in [-0.1, -0.05) is 20.8 Å². The lowest BCUT2D eigenvalue weighted by Crippen LogP contribution is -2.46. The molecule has 16 heavy (non-hydrogen) atoms. The highest BCUT2D eigenvalue weighted by Crippen LogP contribution is 2.23. The molecule has 94 valence electrons. The second-order valence-corrected chi connectivity index (χ2v) is 7.90. The summed E-state index contributed by atoms with van der Waals surface area (Å²) >= 11 is 0. The van der Waals surface area contributed by atoms with Gasteiger partial charge in [-0.3, -0.25) is 4.79 Å². The van der Waals surface area contributed by atoms with Crippen LogP contribution in [0.1, 0.15) is 33.6 Å². The Bertz CT molecular complexity index is 359. The zero-order valence-electron chi connectivity index (χ0n) is 10.5. The van der Waals surface area contributed by atoms with Crippen molar-refractivity contribution in [1.29, 1.82) is 0 Å². The summed E-state index contributed by atoms with van der Waals surface area (Å²) < 4.78 is 22.7. The number of hydrogen-bond donors (Lipinski definition) is 0. The van der Waals surface area contributed by atoms with Crippen molar-refractivity contribution < 1.29 is 13.2 Å². The highest BCUT2D eigenvalue weighted by Gasteiger charge is 2.32. The molecule has 0 aliphatic carbocycles. The zero-order valence-corrected chi connectivity index (χ0v) is 11.3. The molecule has 1 heterocycles. The maximum Gasteiger partial charge on any atom is 0.227 e. The van der Waals surface area contributed by atoms with Gasteiger partial charge < -0.3 is 4.90 Å². The molecule has 1 amide bonds. The van der Waals surface area contributed by atoms with Crippen LogP contribution in [0.5, 0.6) is 0 Å². The van der Waals surface area contributed by atoms with Gasteiger partial charge in [0.15, 0.2) is 0 Å². The van der Waals surface area contributed by atoms with Crippen molar-refractivity contribution in [2.24, 2.45) is 5.41 Å². The predicted octanol–water partition coefficient (Wildman–Crippen LogP) is 1.07. The molecular weight excluding hydrogens is 226 g/mol. The van der Waals surface area contributed by atoms with Crippen LogP contribution in [0.4, 0.5) is 0 Å². The Kier molecular flexibility index (Phi) is 3.67. The zero-order chi connectivity index (χ0) is 12.6. The Morgan fingerprint density at radius 3 is 1.94 bits per heavy atom. The van der Waals surface area contributed by atoms with Crippen LogP contribution in [0.2, 0.25) is 0 Å². The van der Waals surface area contributed by atoms with Crippen molar-refractivity contribution >= 4 is 15.7 Å². The Balaban J connectivity index is 2.60. The molecule has 4 nitrogen and oxygen atoms in total. The minimum atomic E-state index is -2.95. The molecule has 0 radical (unpaired) electrons. The number of nitrogens with zero attached hydrogens (tertiary/aromatic N) is 1. The van der Waals surface area contributed by atoms with Crippen LogP contribution in [0, 0.1) is 5.41 Å². The average molecular weight is 247 g/mol. The van der Waals surface area contributed by atoms with Gasteiger partial charge in [-0.05, 0) is 12.8 Å². The highest BCUT2D eigenvalue weighted by molar-refractivity contribution is 7.91. The van der Waals surface area contributed by atoms with E-state index in [2.05, 4.69) is 0 Å². The van der Waals surface area contributed by atoms with Gasteiger partial charge in [-0.25, -0.2) is 8.42 Å². The van der Waals surface area contributed by atoms with Crippen molar-refractivity contribution in [2.45, 2.75) is 38.9 Å². The molecular formula is C11H21NO3S. The normalized spacial score (nSPS) is 19.9. The number of carbonyl (C=O) groups is 1. The molecule has 1 aliphatic rings. The van der Waals surface area contributed by atoms with Crippen LogP contribution in [-0.2, 0) is 14.6 Å². The first-order valence-electron chi connectivity index (χ1n) is 5.60. The lowest BCUT2D eigenvalue weighted by atomic mass is 9.93. The standard InChI is InChI=1S/C11H21NO3S/c1-11(2,3)10(13)12-7-5-9(6-8-12)16(4,14)15/h9H,5-8H2,1-4H3. The van der Waals surface area contributed by atoms with Gasteiger partial charge in [-0.2, -0.15) is 0 Å². The molecule has 1 rings (SSSR count). The van der Waals surface area contributed by atoms with Crippen LogP contribution in [0.3, 0.4) is 0 Å². The van der Waals surface area contributed by atoms with E-state index in [1.807, 2.05) is 20.8 Å². The van der Waals surface area contributed by atoms with Gasteiger partial charge in [0.1, 0.15) is 9.84 Å². The number of likely N-dealkylation sites (tertiary alicyclic amines) is 1. The number of piperidine rings is 1. The molecule has 0 saturated carbocycles. The van der Waals surface area contributed by atoms with Crippen LogP contribution in [-0.4, -0.2) is 43.8 Å². The molecule has 0 aromatic heterocycles. The highest BCUT2D eigenvalue weighted by atomic mass is 32.2. The van der Waals surface area contributed by atoms with Gasteiger partial charge in [-0.15, -0.1) is 0 Å². The first kappa shape index (κ1) is 13.5. The first-order chi connectivity index (χ1) is 7.12. The van der Waals surface area contributed by atoms with E-state index in [0.717, 1.165) is 0 Å². The average Bonchev–Trinajstić information content (AvgIpc) is 2.14. The lowest BCUT2D eigenvalue weighted by Gasteiger charge is -2.35. The van der Waals surface area contributed by atoms with Gasteiger partial charge >= 0.3 is 0 Å².